The lowest BCUT2D eigenvalue weighted by atomic mass is 10.0. The molecule has 1 heterocycles. The smallest absolute Gasteiger partial charge is 0.255 e. The zero-order valence-electron chi connectivity index (χ0n) is 10.1. The molecule has 0 amide bonds. The van der Waals surface area contributed by atoms with E-state index in [2.05, 4.69) is 23.2 Å². The van der Waals surface area contributed by atoms with E-state index in [1.165, 1.54) is 12.4 Å². The first kappa shape index (κ1) is 11.9. The second-order valence-corrected chi connectivity index (χ2v) is 4.70. The molecule has 3 rings (SSSR count). The number of nitrogens with zero attached hydrogens (tertiary/aromatic N) is 2. The average Bonchev–Trinajstić information content (AvgIpc) is 2.42. The van der Waals surface area contributed by atoms with E-state index in [1.54, 1.807) is 4.57 Å². The molecule has 3 nitrogen and oxygen atoms in total. The number of halogens is 1. The Bertz CT molecular complexity index is 790. The molecule has 3 aromatic rings. The summed E-state index contributed by atoms with van der Waals surface area (Å²) < 4.78 is 1.55. The Morgan fingerprint density at radius 3 is 2.74 bits per heavy atom. The minimum absolute atomic E-state index is 0.145. The first-order valence-electron chi connectivity index (χ1n) is 5.93. The van der Waals surface area contributed by atoms with Gasteiger partial charge in [-0.1, -0.05) is 54.1 Å². The summed E-state index contributed by atoms with van der Waals surface area (Å²) in [6.07, 6.45) is 1.48. The maximum atomic E-state index is 11.8. The Morgan fingerprint density at radius 1 is 1.11 bits per heavy atom. The molecule has 0 N–H and O–H groups in total. The monoisotopic (exact) mass is 270 g/mol. The highest BCUT2D eigenvalue weighted by Crippen LogP contribution is 2.18. The fraction of sp³-hybridized carbons (Fsp3) is 0.0667. The van der Waals surface area contributed by atoms with Gasteiger partial charge in [-0.05, 0) is 16.3 Å². The van der Waals surface area contributed by atoms with Crippen molar-refractivity contribution in [2.24, 2.45) is 0 Å². The van der Waals surface area contributed by atoms with E-state index in [4.69, 9.17) is 11.6 Å². The van der Waals surface area contributed by atoms with Crippen LogP contribution in [-0.4, -0.2) is 9.55 Å². The minimum atomic E-state index is -0.145. The van der Waals surface area contributed by atoms with Gasteiger partial charge in [-0.25, -0.2) is 4.98 Å². The molecule has 19 heavy (non-hydrogen) atoms. The molecule has 4 heteroatoms. The molecule has 1 aromatic heterocycles. The van der Waals surface area contributed by atoms with Gasteiger partial charge in [-0.3, -0.25) is 9.36 Å². The zero-order chi connectivity index (χ0) is 13.2. The van der Waals surface area contributed by atoms with Gasteiger partial charge >= 0.3 is 0 Å². The maximum Gasteiger partial charge on any atom is 0.255 e. The van der Waals surface area contributed by atoms with Crippen molar-refractivity contribution in [1.82, 2.24) is 9.55 Å². The highest BCUT2D eigenvalue weighted by atomic mass is 35.5. The minimum Gasteiger partial charge on any atom is -0.295 e. The van der Waals surface area contributed by atoms with Crippen molar-refractivity contribution in [3.05, 3.63) is 75.9 Å². The first-order valence-corrected chi connectivity index (χ1v) is 6.30. The summed E-state index contributed by atoms with van der Waals surface area (Å²) in [5.74, 6) is 0. The molecule has 0 saturated heterocycles. The van der Waals surface area contributed by atoms with Crippen molar-refractivity contribution in [3.8, 4) is 0 Å². The van der Waals surface area contributed by atoms with E-state index in [0.717, 1.165) is 16.3 Å². The second kappa shape index (κ2) is 4.86. The molecule has 0 saturated carbocycles. The fourth-order valence-corrected chi connectivity index (χ4v) is 2.27. The Balaban J connectivity index is 2.08. The van der Waals surface area contributed by atoms with Crippen molar-refractivity contribution < 1.29 is 0 Å². The molecule has 0 fully saturated rings. The lowest BCUT2D eigenvalue weighted by molar-refractivity contribution is 0.740. The highest BCUT2D eigenvalue weighted by Gasteiger charge is 2.03. The number of aromatic nitrogens is 2. The summed E-state index contributed by atoms with van der Waals surface area (Å²) in [6.45, 7) is 0.490. The van der Waals surface area contributed by atoms with E-state index in [-0.39, 0.29) is 10.7 Å². The third kappa shape index (κ3) is 2.37. The van der Waals surface area contributed by atoms with Crippen molar-refractivity contribution in [1.29, 1.82) is 0 Å². The predicted octanol–water partition coefficient (Wildman–Crippen LogP) is 3.10. The van der Waals surface area contributed by atoms with Crippen molar-refractivity contribution in [3.63, 3.8) is 0 Å². The number of rotatable bonds is 2. The Hall–Kier alpha value is -2.13. The van der Waals surface area contributed by atoms with Crippen LogP contribution in [0.3, 0.4) is 0 Å². The van der Waals surface area contributed by atoms with Crippen LogP contribution < -0.4 is 5.56 Å². The van der Waals surface area contributed by atoms with Crippen LogP contribution in [0.1, 0.15) is 5.56 Å². The molecule has 0 aliphatic rings. The number of hydrogen-bond donors (Lipinski definition) is 0. The third-order valence-corrected chi connectivity index (χ3v) is 3.27. The molecule has 0 aliphatic carbocycles. The van der Waals surface area contributed by atoms with Crippen LogP contribution >= 0.6 is 11.6 Å². The lowest BCUT2D eigenvalue weighted by Gasteiger charge is -2.08. The van der Waals surface area contributed by atoms with E-state index >= 15 is 0 Å². The second-order valence-electron chi connectivity index (χ2n) is 4.32. The van der Waals surface area contributed by atoms with E-state index in [0.29, 0.717) is 6.54 Å². The lowest BCUT2D eigenvalue weighted by Crippen LogP contribution is -2.19. The van der Waals surface area contributed by atoms with Crippen LogP contribution in [0.15, 0.2) is 59.7 Å². The summed E-state index contributed by atoms with van der Waals surface area (Å²) in [6, 6.07) is 15.5. The molecule has 0 unspecified atom stereocenters. The van der Waals surface area contributed by atoms with E-state index in [9.17, 15) is 4.79 Å². The van der Waals surface area contributed by atoms with Gasteiger partial charge in [0, 0.05) is 6.07 Å². The third-order valence-electron chi connectivity index (χ3n) is 3.07. The molecule has 0 spiro atoms. The molecule has 94 valence electrons. The van der Waals surface area contributed by atoms with Gasteiger partial charge < -0.3 is 0 Å². The summed E-state index contributed by atoms with van der Waals surface area (Å²) in [5.41, 5.74) is 0.942. The van der Waals surface area contributed by atoms with Crippen LogP contribution in [0.25, 0.3) is 10.8 Å². The predicted molar refractivity (Wildman–Crippen MR) is 76.6 cm³/mol. The largest absolute Gasteiger partial charge is 0.295 e. The van der Waals surface area contributed by atoms with Crippen molar-refractivity contribution in [2.45, 2.75) is 6.54 Å². The molecular weight excluding hydrogens is 260 g/mol. The Kier molecular flexibility index (Phi) is 3.05. The molecule has 0 aliphatic heterocycles. The molecular formula is C15H11ClN2O. The van der Waals surface area contributed by atoms with Gasteiger partial charge in [0.05, 0.1) is 12.9 Å². The average molecular weight is 271 g/mol. The van der Waals surface area contributed by atoms with Gasteiger partial charge in [0.1, 0.15) is 5.15 Å². The summed E-state index contributed by atoms with van der Waals surface area (Å²) in [7, 11) is 0. The fourth-order valence-electron chi connectivity index (χ4n) is 2.14. The van der Waals surface area contributed by atoms with Crippen LogP contribution in [-0.2, 0) is 6.54 Å². The number of hydrogen-bond acceptors (Lipinski definition) is 2. The van der Waals surface area contributed by atoms with Crippen LogP contribution in [0.5, 0.6) is 0 Å². The normalized spacial score (nSPS) is 10.8. The van der Waals surface area contributed by atoms with E-state index in [1.807, 2.05) is 24.3 Å². The summed E-state index contributed by atoms with van der Waals surface area (Å²) in [5, 5.41) is 2.53. The van der Waals surface area contributed by atoms with Crippen LogP contribution in [0, 0.1) is 0 Å². The number of fused-ring (bicyclic) bond motifs is 1. The Labute approximate surface area is 115 Å². The highest BCUT2D eigenvalue weighted by molar-refractivity contribution is 6.29. The van der Waals surface area contributed by atoms with Crippen molar-refractivity contribution >= 4 is 22.4 Å². The first-order chi connectivity index (χ1) is 9.24. The van der Waals surface area contributed by atoms with Crippen molar-refractivity contribution in [2.75, 3.05) is 0 Å². The van der Waals surface area contributed by atoms with Crippen LogP contribution in [0.4, 0.5) is 0 Å². The maximum absolute atomic E-state index is 11.8. The van der Waals surface area contributed by atoms with Gasteiger partial charge in [0.15, 0.2) is 0 Å². The van der Waals surface area contributed by atoms with Gasteiger partial charge in [-0.2, -0.15) is 0 Å². The molecule has 0 bridgehead atoms. The van der Waals surface area contributed by atoms with E-state index < -0.39 is 0 Å². The SMILES string of the molecule is O=c1cc(Cl)ncn1Cc1cccc2ccccc12. The number of benzene rings is 2. The topological polar surface area (TPSA) is 34.9 Å². The van der Waals surface area contributed by atoms with Gasteiger partial charge in [0.2, 0.25) is 0 Å². The van der Waals surface area contributed by atoms with Gasteiger partial charge in [-0.15, -0.1) is 0 Å². The summed E-state index contributed by atoms with van der Waals surface area (Å²) in [4.78, 5) is 15.8. The van der Waals surface area contributed by atoms with Gasteiger partial charge in [0.25, 0.3) is 5.56 Å². The molecule has 2 aromatic carbocycles. The summed E-state index contributed by atoms with van der Waals surface area (Å²) >= 11 is 5.69. The molecule has 0 atom stereocenters. The standard InChI is InChI=1S/C15H11ClN2O/c16-14-8-15(19)18(10-17-14)9-12-6-3-5-11-4-1-2-7-13(11)12/h1-8,10H,9H2. The zero-order valence-corrected chi connectivity index (χ0v) is 10.8. The molecule has 0 radical (unpaired) electrons. The van der Waals surface area contributed by atoms with Crippen LogP contribution in [0.2, 0.25) is 5.15 Å². The Morgan fingerprint density at radius 2 is 1.89 bits per heavy atom. The quantitative estimate of drug-likeness (QED) is 0.671.